The predicted molar refractivity (Wildman–Crippen MR) is 226 cm³/mol. The van der Waals surface area contributed by atoms with Gasteiger partial charge >= 0.3 is 6.09 Å². The fraction of sp³-hybridized carbons (Fsp3) is 0.690. The smallest absolute Gasteiger partial charge is 0.409 e. The molecule has 0 spiro atoms. The number of rotatable bonds is 40. The van der Waals surface area contributed by atoms with E-state index in [1.165, 1.54) is 27.2 Å². The Bertz CT molecular complexity index is 1230. The van der Waals surface area contributed by atoms with Crippen LogP contribution in [0.25, 0.3) is 11.1 Å². The number of carbonyl (C=O) groups excluding carboxylic acids is 1. The van der Waals surface area contributed by atoms with Gasteiger partial charge in [-0.3, -0.25) is 0 Å². The van der Waals surface area contributed by atoms with Crippen molar-refractivity contribution in [3.63, 3.8) is 0 Å². The van der Waals surface area contributed by atoms with Crippen LogP contribution >= 0.6 is 22.6 Å². The Hall–Kier alpha value is -2.04. The molecule has 0 unspecified atom stereocenters. The monoisotopic (exact) mass is 935 g/mol. The van der Waals surface area contributed by atoms with Gasteiger partial charge in [-0.25, -0.2) is 4.79 Å². The van der Waals surface area contributed by atoms with E-state index in [2.05, 4.69) is 46.9 Å². The van der Waals surface area contributed by atoms with Gasteiger partial charge in [0.2, 0.25) is 0 Å². The van der Waals surface area contributed by atoms with E-state index in [-0.39, 0.29) is 12.0 Å². The molecule has 0 atom stereocenters. The molecule has 0 fully saturated rings. The Labute approximate surface area is 358 Å². The first-order valence-electron chi connectivity index (χ1n) is 20.3. The summed E-state index contributed by atoms with van der Waals surface area (Å²) in [7, 11) is 1.71. The summed E-state index contributed by atoms with van der Waals surface area (Å²) in [4.78, 5) is 14.2. The molecule has 0 radical (unpaired) electrons. The lowest BCUT2D eigenvalue weighted by molar-refractivity contribution is -0.0283. The highest BCUT2D eigenvalue weighted by Crippen LogP contribution is 2.44. The van der Waals surface area contributed by atoms with Crippen LogP contribution in [0.2, 0.25) is 0 Å². The summed E-state index contributed by atoms with van der Waals surface area (Å²) in [5.41, 5.74) is 4.80. The molecule has 15 nitrogen and oxygen atoms in total. The van der Waals surface area contributed by atoms with Gasteiger partial charge in [0.15, 0.2) is 0 Å². The third kappa shape index (κ3) is 23.7. The van der Waals surface area contributed by atoms with Crippen molar-refractivity contribution in [2.75, 3.05) is 183 Å². The van der Waals surface area contributed by atoms with Crippen LogP contribution in [0.3, 0.4) is 0 Å². The van der Waals surface area contributed by atoms with Gasteiger partial charge in [0, 0.05) is 23.9 Å². The van der Waals surface area contributed by atoms with Crippen molar-refractivity contribution >= 4 is 28.7 Å². The summed E-state index contributed by atoms with van der Waals surface area (Å²) < 4.78 is 72.6. The van der Waals surface area contributed by atoms with Crippen molar-refractivity contribution in [2.24, 2.45) is 0 Å². The highest BCUT2D eigenvalue weighted by Gasteiger charge is 2.29. The Morgan fingerprint density at radius 2 is 0.724 bits per heavy atom. The number of carbonyl (C=O) groups is 1. The van der Waals surface area contributed by atoms with Crippen LogP contribution in [0.5, 0.6) is 0 Å². The fourth-order valence-corrected chi connectivity index (χ4v) is 5.88. The molecule has 0 aromatic heterocycles. The topological polar surface area (TPSA) is 140 Å². The van der Waals surface area contributed by atoms with Gasteiger partial charge in [0.05, 0.1) is 159 Å². The Kier molecular flexibility index (Phi) is 31.0. The van der Waals surface area contributed by atoms with Crippen molar-refractivity contribution in [1.29, 1.82) is 0 Å². The van der Waals surface area contributed by atoms with E-state index in [0.29, 0.717) is 165 Å². The third-order valence-electron chi connectivity index (χ3n) is 8.53. The van der Waals surface area contributed by atoms with Gasteiger partial charge in [0.1, 0.15) is 6.61 Å². The zero-order valence-electron chi connectivity index (χ0n) is 34.3. The fourth-order valence-electron chi connectivity index (χ4n) is 5.57. The normalized spacial score (nSPS) is 12.2. The number of fused-ring (bicyclic) bond motifs is 3. The lowest BCUT2D eigenvalue weighted by Crippen LogP contribution is -2.32. The van der Waals surface area contributed by atoms with E-state index in [1.54, 1.807) is 7.05 Å². The highest BCUT2D eigenvalue weighted by atomic mass is 127. The van der Waals surface area contributed by atoms with E-state index >= 15 is 0 Å². The molecule has 1 aliphatic carbocycles. The first kappa shape index (κ1) is 50.3. The number of amides is 1. The lowest BCUT2D eigenvalue weighted by atomic mass is 9.98. The summed E-state index contributed by atoms with van der Waals surface area (Å²) in [6.07, 6.45) is -0.365. The van der Waals surface area contributed by atoms with Gasteiger partial charge in [-0.05, 0) is 22.3 Å². The number of nitrogens with zero attached hydrogens (tertiary/aromatic N) is 1. The van der Waals surface area contributed by atoms with Crippen LogP contribution in [0, 0.1) is 0 Å². The zero-order valence-corrected chi connectivity index (χ0v) is 36.5. The Balaban J connectivity index is 0.950. The van der Waals surface area contributed by atoms with Crippen LogP contribution < -0.4 is 0 Å². The largest absolute Gasteiger partial charge is 0.448 e. The van der Waals surface area contributed by atoms with Crippen molar-refractivity contribution in [2.45, 2.75) is 5.92 Å². The molecule has 16 heteroatoms. The summed E-state index contributed by atoms with van der Waals surface area (Å²) in [6, 6.07) is 16.6. The second kappa shape index (κ2) is 35.7. The molecule has 3 rings (SSSR count). The molecular weight excluding hydrogens is 869 g/mol. The molecule has 58 heavy (non-hydrogen) atoms. The van der Waals surface area contributed by atoms with Gasteiger partial charge in [-0.2, -0.15) is 0 Å². The number of likely N-dealkylation sites (N-methyl/N-ethyl adjacent to an activating group) is 1. The molecule has 2 aromatic carbocycles. The molecule has 0 N–H and O–H groups in total. The minimum absolute atomic E-state index is 0.0374. The summed E-state index contributed by atoms with van der Waals surface area (Å²) in [5.74, 6) is 0.0374. The van der Waals surface area contributed by atoms with Crippen LogP contribution in [0.1, 0.15) is 17.0 Å². The standard InChI is InChI=1S/C42H66INO14/c1-44(42(45)58-36-41-39-8-4-2-6-37(39)38-7-3-5-9-40(38)41)11-13-47-15-17-49-19-21-51-23-25-53-27-29-55-31-33-57-35-34-56-32-30-54-28-26-52-24-22-50-20-18-48-16-14-46-12-10-43/h2-9,41H,10-36H2,1H3. The van der Waals surface area contributed by atoms with Gasteiger partial charge in [-0.1, -0.05) is 71.1 Å². The Morgan fingerprint density at radius 3 is 1.03 bits per heavy atom. The molecular formula is C42H66INO14. The van der Waals surface area contributed by atoms with E-state index in [0.717, 1.165) is 11.0 Å². The maximum atomic E-state index is 12.6. The van der Waals surface area contributed by atoms with Crippen LogP contribution in [0.4, 0.5) is 4.79 Å². The van der Waals surface area contributed by atoms with Crippen LogP contribution in [-0.2, 0) is 61.6 Å². The van der Waals surface area contributed by atoms with E-state index < -0.39 is 0 Å². The number of hydrogen-bond acceptors (Lipinski definition) is 14. The summed E-state index contributed by atoms with van der Waals surface area (Å²) >= 11 is 2.28. The van der Waals surface area contributed by atoms with Crippen molar-refractivity contribution in [3.8, 4) is 11.1 Å². The van der Waals surface area contributed by atoms with Crippen LogP contribution in [-0.4, -0.2) is 194 Å². The lowest BCUT2D eigenvalue weighted by Gasteiger charge is -2.19. The molecule has 0 heterocycles. The summed E-state index contributed by atoms with van der Waals surface area (Å²) in [6.45, 7) is 13.0. The predicted octanol–water partition coefficient (Wildman–Crippen LogP) is 4.50. The maximum Gasteiger partial charge on any atom is 0.409 e. The van der Waals surface area contributed by atoms with Crippen molar-refractivity contribution in [3.05, 3.63) is 59.7 Å². The minimum Gasteiger partial charge on any atom is -0.448 e. The Morgan fingerprint density at radius 1 is 0.448 bits per heavy atom. The molecule has 0 aliphatic heterocycles. The first-order valence-corrected chi connectivity index (χ1v) is 21.8. The third-order valence-corrected chi connectivity index (χ3v) is 8.97. The second-order valence-corrected chi connectivity index (χ2v) is 13.8. The van der Waals surface area contributed by atoms with Gasteiger partial charge in [-0.15, -0.1) is 0 Å². The highest BCUT2D eigenvalue weighted by molar-refractivity contribution is 14.1. The molecule has 330 valence electrons. The van der Waals surface area contributed by atoms with Crippen molar-refractivity contribution < 1.29 is 66.4 Å². The number of ether oxygens (including phenoxy) is 13. The molecule has 1 aliphatic rings. The van der Waals surface area contributed by atoms with E-state index in [4.69, 9.17) is 61.6 Å². The number of halogens is 1. The quantitative estimate of drug-likeness (QED) is 0.0527. The summed E-state index contributed by atoms with van der Waals surface area (Å²) in [5, 5.41) is 0. The van der Waals surface area contributed by atoms with Crippen molar-refractivity contribution in [1.82, 2.24) is 4.90 Å². The molecule has 0 saturated carbocycles. The van der Waals surface area contributed by atoms with E-state index in [1.807, 2.05) is 24.3 Å². The van der Waals surface area contributed by atoms with E-state index in [9.17, 15) is 4.79 Å². The SMILES string of the molecule is CN(CCOCCOCCOCCOCCOCCOCCOCCOCCOCCOCCOCCOCCI)C(=O)OCC1c2ccccc2-c2ccccc21. The molecule has 2 aromatic rings. The number of hydrogen-bond donors (Lipinski definition) is 0. The number of benzene rings is 2. The average Bonchev–Trinajstić information content (AvgIpc) is 3.57. The molecule has 0 bridgehead atoms. The minimum atomic E-state index is -0.365. The average molecular weight is 936 g/mol. The van der Waals surface area contributed by atoms with Gasteiger partial charge in [0.25, 0.3) is 0 Å². The first-order chi connectivity index (χ1) is 28.7. The molecule has 0 saturated heterocycles. The molecule has 1 amide bonds. The maximum absolute atomic E-state index is 12.6. The number of alkyl halides is 1. The van der Waals surface area contributed by atoms with Gasteiger partial charge < -0.3 is 66.5 Å². The second-order valence-electron chi connectivity index (χ2n) is 12.8. The van der Waals surface area contributed by atoms with Crippen LogP contribution in [0.15, 0.2) is 48.5 Å². The zero-order chi connectivity index (χ0) is 41.0.